The van der Waals surface area contributed by atoms with Crippen molar-refractivity contribution in [3.05, 3.63) is 18.0 Å². The number of hydrogen-bond acceptors (Lipinski definition) is 4. The first kappa shape index (κ1) is 10.9. The molecule has 1 unspecified atom stereocenters. The van der Waals surface area contributed by atoms with Gasteiger partial charge < -0.3 is 11.5 Å². The van der Waals surface area contributed by atoms with E-state index in [0.29, 0.717) is 19.4 Å². The Morgan fingerprint density at radius 3 is 3.00 bits per heavy atom. The van der Waals surface area contributed by atoms with Crippen molar-refractivity contribution in [3.8, 4) is 0 Å². The Morgan fingerprint density at radius 1 is 1.64 bits per heavy atom. The Kier molecular flexibility index (Phi) is 4.28. The molecule has 1 aromatic rings. The van der Waals surface area contributed by atoms with E-state index in [9.17, 15) is 4.79 Å². The van der Waals surface area contributed by atoms with E-state index in [4.69, 9.17) is 11.5 Å². The minimum Gasteiger partial charge on any atom is -0.330 e. The molecule has 0 aromatic carbocycles. The molecular weight excluding hydrogens is 180 g/mol. The van der Waals surface area contributed by atoms with Crippen LogP contribution < -0.4 is 11.5 Å². The fourth-order valence-electron chi connectivity index (χ4n) is 1.23. The van der Waals surface area contributed by atoms with Crippen LogP contribution in [-0.4, -0.2) is 28.6 Å². The number of nitrogens with two attached hydrogens (primary N) is 2. The van der Waals surface area contributed by atoms with Crippen LogP contribution >= 0.6 is 0 Å². The minimum atomic E-state index is -0.395. The van der Waals surface area contributed by atoms with E-state index in [-0.39, 0.29) is 5.78 Å². The molecule has 1 atom stereocenters. The van der Waals surface area contributed by atoms with Crippen molar-refractivity contribution >= 4 is 5.78 Å². The Hall–Kier alpha value is -1.20. The third-order valence-electron chi connectivity index (χ3n) is 2.10. The van der Waals surface area contributed by atoms with E-state index in [0.717, 1.165) is 12.0 Å². The van der Waals surface area contributed by atoms with Crippen LogP contribution in [0.3, 0.4) is 0 Å². The number of aryl methyl sites for hydroxylation is 1. The molecular formula is C9H16N4O. The lowest BCUT2D eigenvalue weighted by Crippen LogP contribution is -2.32. The number of carbonyl (C=O) groups excluding carboxylic acids is 1. The van der Waals surface area contributed by atoms with Gasteiger partial charge in [0.15, 0.2) is 5.78 Å². The number of carbonyl (C=O) groups is 1. The summed E-state index contributed by atoms with van der Waals surface area (Å²) >= 11 is 0. The average Bonchev–Trinajstić information content (AvgIpc) is 2.67. The maximum absolute atomic E-state index is 11.3. The molecule has 0 bridgehead atoms. The molecule has 0 amide bonds. The van der Waals surface area contributed by atoms with Crippen molar-refractivity contribution in [3.63, 3.8) is 0 Å². The van der Waals surface area contributed by atoms with Crippen molar-refractivity contribution < 1.29 is 4.79 Å². The molecule has 1 rings (SSSR count). The van der Waals surface area contributed by atoms with Crippen LogP contribution in [0.2, 0.25) is 0 Å². The van der Waals surface area contributed by atoms with E-state index in [2.05, 4.69) is 10.2 Å². The van der Waals surface area contributed by atoms with E-state index >= 15 is 0 Å². The van der Waals surface area contributed by atoms with Gasteiger partial charge in [-0.05, 0) is 24.9 Å². The lowest BCUT2D eigenvalue weighted by atomic mass is 10.0. The number of Topliss-reactive ketones (excluding diaryl/α,β-unsaturated/α-hetero) is 1. The highest BCUT2D eigenvalue weighted by Gasteiger charge is 2.12. The Morgan fingerprint density at radius 2 is 2.43 bits per heavy atom. The van der Waals surface area contributed by atoms with Crippen LogP contribution in [0.25, 0.3) is 0 Å². The van der Waals surface area contributed by atoms with Gasteiger partial charge in [0.2, 0.25) is 0 Å². The van der Waals surface area contributed by atoms with Crippen molar-refractivity contribution in [2.45, 2.75) is 25.3 Å². The SMILES string of the molecule is NCCC(=O)C(N)CCc1cn[nH]c1. The van der Waals surface area contributed by atoms with E-state index in [1.165, 1.54) is 0 Å². The summed E-state index contributed by atoms with van der Waals surface area (Å²) in [6, 6.07) is -0.395. The number of ketones is 1. The number of hydrogen-bond donors (Lipinski definition) is 3. The van der Waals surface area contributed by atoms with Gasteiger partial charge in [-0.3, -0.25) is 9.89 Å². The number of aromatic amines is 1. The summed E-state index contributed by atoms with van der Waals surface area (Å²) in [5.74, 6) is 0.0380. The fourth-order valence-corrected chi connectivity index (χ4v) is 1.23. The highest BCUT2D eigenvalue weighted by Crippen LogP contribution is 2.02. The van der Waals surface area contributed by atoms with Crippen molar-refractivity contribution in [1.82, 2.24) is 10.2 Å². The van der Waals surface area contributed by atoms with Crippen LogP contribution in [0.15, 0.2) is 12.4 Å². The van der Waals surface area contributed by atoms with Crippen molar-refractivity contribution in [2.75, 3.05) is 6.54 Å². The van der Waals surface area contributed by atoms with Gasteiger partial charge in [0.1, 0.15) is 0 Å². The Bertz CT molecular complexity index is 270. The second kappa shape index (κ2) is 5.51. The Balaban J connectivity index is 2.27. The summed E-state index contributed by atoms with van der Waals surface area (Å²) in [4.78, 5) is 11.3. The zero-order valence-electron chi connectivity index (χ0n) is 8.07. The molecule has 0 saturated heterocycles. The third kappa shape index (κ3) is 3.27. The predicted octanol–water partition coefficient (Wildman–Crippen LogP) is -0.412. The van der Waals surface area contributed by atoms with Crippen LogP contribution in [0.4, 0.5) is 0 Å². The number of nitrogens with one attached hydrogen (secondary N) is 1. The standard InChI is InChI=1S/C9H16N4O/c10-4-3-9(14)8(11)2-1-7-5-12-13-6-7/h5-6,8H,1-4,10-11H2,(H,12,13). The minimum absolute atomic E-state index is 0.0380. The second-order valence-corrected chi connectivity index (χ2v) is 3.26. The zero-order chi connectivity index (χ0) is 10.4. The van der Waals surface area contributed by atoms with Gasteiger partial charge in [-0.1, -0.05) is 0 Å². The van der Waals surface area contributed by atoms with Crippen molar-refractivity contribution in [2.24, 2.45) is 11.5 Å². The van der Waals surface area contributed by atoms with E-state index in [1.54, 1.807) is 12.4 Å². The molecule has 5 N–H and O–H groups in total. The van der Waals surface area contributed by atoms with Gasteiger partial charge in [-0.25, -0.2) is 0 Å². The maximum atomic E-state index is 11.3. The lowest BCUT2D eigenvalue weighted by Gasteiger charge is -2.08. The summed E-state index contributed by atoms with van der Waals surface area (Å²) in [6.07, 6.45) is 5.33. The molecule has 0 aliphatic heterocycles. The predicted molar refractivity (Wildman–Crippen MR) is 53.6 cm³/mol. The number of nitrogens with zero attached hydrogens (tertiary/aromatic N) is 1. The van der Waals surface area contributed by atoms with Gasteiger partial charge in [0.05, 0.1) is 12.2 Å². The van der Waals surface area contributed by atoms with Gasteiger partial charge in [0.25, 0.3) is 0 Å². The molecule has 0 aliphatic rings. The van der Waals surface area contributed by atoms with Gasteiger partial charge in [-0.15, -0.1) is 0 Å². The number of H-pyrrole nitrogens is 1. The largest absolute Gasteiger partial charge is 0.330 e. The van der Waals surface area contributed by atoms with Crippen LogP contribution in [-0.2, 0) is 11.2 Å². The summed E-state index contributed by atoms with van der Waals surface area (Å²) in [5.41, 5.74) is 12.0. The number of rotatable bonds is 6. The second-order valence-electron chi connectivity index (χ2n) is 3.26. The molecule has 0 fully saturated rings. The first-order valence-electron chi connectivity index (χ1n) is 4.70. The highest BCUT2D eigenvalue weighted by molar-refractivity contribution is 5.83. The molecule has 0 saturated carbocycles. The molecule has 78 valence electrons. The van der Waals surface area contributed by atoms with Gasteiger partial charge in [-0.2, -0.15) is 5.10 Å². The third-order valence-corrected chi connectivity index (χ3v) is 2.10. The van der Waals surface area contributed by atoms with Gasteiger partial charge in [0, 0.05) is 12.6 Å². The first-order valence-corrected chi connectivity index (χ1v) is 4.70. The molecule has 5 heteroatoms. The van der Waals surface area contributed by atoms with Crippen molar-refractivity contribution in [1.29, 1.82) is 0 Å². The monoisotopic (exact) mass is 196 g/mol. The fraction of sp³-hybridized carbons (Fsp3) is 0.556. The molecule has 5 nitrogen and oxygen atoms in total. The van der Waals surface area contributed by atoms with Gasteiger partial charge >= 0.3 is 0 Å². The molecule has 1 aromatic heterocycles. The molecule has 1 heterocycles. The Labute approximate surface area is 82.9 Å². The van der Waals surface area contributed by atoms with Crippen LogP contribution in [0.1, 0.15) is 18.4 Å². The topological polar surface area (TPSA) is 97.8 Å². The van der Waals surface area contributed by atoms with E-state index < -0.39 is 6.04 Å². The zero-order valence-corrected chi connectivity index (χ0v) is 8.07. The normalized spacial score (nSPS) is 12.7. The average molecular weight is 196 g/mol. The summed E-state index contributed by atoms with van der Waals surface area (Å²) in [5, 5.41) is 6.52. The summed E-state index contributed by atoms with van der Waals surface area (Å²) in [6.45, 7) is 0.373. The summed E-state index contributed by atoms with van der Waals surface area (Å²) in [7, 11) is 0. The quantitative estimate of drug-likeness (QED) is 0.576. The highest BCUT2D eigenvalue weighted by atomic mass is 16.1. The summed E-state index contributed by atoms with van der Waals surface area (Å²) < 4.78 is 0. The molecule has 0 aliphatic carbocycles. The lowest BCUT2D eigenvalue weighted by molar-refractivity contribution is -0.120. The number of aromatic nitrogens is 2. The van der Waals surface area contributed by atoms with Crippen LogP contribution in [0, 0.1) is 0 Å². The molecule has 0 spiro atoms. The maximum Gasteiger partial charge on any atom is 0.150 e. The smallest absolute Gasteiger partial charge is 0.150 e. The van der Waals surface area contributed by atoms with Crippen LogP contribution in [0.5, 0.6) is 0 Å². The molecule has 0 radical (unpaired) electrons. The molecule has 14 heavy (non-hydrogen) atoms. The first-order chi connectivity index (χ1) is 6.74. The van der Waals surface area contributed by atoms with E-state index in [1.807, 2.05) is 0 Å².